The van der Waals surface area contributed by atoms with Crippen molar-refractivity contribution in [3.63, 3.8) is 0 Å². The van der Waals surface area contributed by atoms with E-state index >= 15 is 0 Å². The molecule has 6 heteroatoms. The standard InChI is InChI=1S/C9H12ClN3OS/c1-5-3-6(2)13(8(5)14)4-7-11-12-9(10)15-7/h5-6H,3-4H2,1-2H3. The van der Waals surface area contributed by atoms with Gasteiger partial charge in [-0.2, -0.15) is 0 Å². The number of carbonyl (C=O) groups is 1. The van der Waals surface area contributed by atoms with E-state index in [0.717, 1.165) is 11.4 Å². The first-order valence-electron chi connectivity index (χ1n) is 4.86. The van der Waals surface area contributed by atoms with Gasteiger partial charge in [-0.15, -0.1) is 10.2 Å². The van der Waals surface area contributed by atoms with Gasteiger partial charge in [-0.05, 0) is 24.9 Å². The third kappa shape index (κ3) is 2.13. The molecule has 0 radical (unpaired) electrons. The highest BCUT2D eigenvalue weighted by Gasteiger charge is 2.34. The summed E-state index contributed by atoms with van der Waals surface area (Å²) in [4.78, 5) is 13.6. The minimum absolute atomic E-state index is 0.128. The maximum atomic E-state index is 11.8. The van der Waals surface area contributed by atoms with Gasteiger partial charge in [0.1, 0.15) is 5.01 Å². The maximum Gasteiger partial charge on any atom is 0.226 e. The SMILES string of the molecule is CC1CC(C)N(Cc2nnc(Cl)s2)C1=O. The van der Waals surface area contributed by atoms with Crippen molar-refractivity contribution in [1.29, 1.82) is 0 Å². The number of likely N-dealkylation sites (tertiary alicyclic amines) is 1. The Kier molecular flexibility index (Phi) is 2.93. The number of aromatic nitrogens is 2. The van der Waals surface area contributed by atoms with Crippen LogP contribution in [0.5, 0.6) is 0 Å². The highest BCUT2D eigenvalue weighted by atomic mass is 35.5. The van der Waals surface area contributed by atoms with Crippen molar-refractivity contribution in [2.24, 2.45) is 5.92 Å². The Morgan fingerprint density at radius 1 is 1.53 bits per heavy atom. The highest BCUT2D eigenvalue weighted by Crippen LogP contribution is 2.27. The van der Waals surface area contributed by atoms with Crippen molar-refractivity contribution < 1.29 is 4.79 Å². The molecule has 2 atom stereocenters. The first-order chi connectivity index (χ1) is 7.08. The van der Waals surface area contributed by atoms with Gasteiger partial charge >= 0.3 is 0 Å². The molecule has 0 bridgehead atoms. The van der Waals surface area contributed by atoms with Crippen LogP contribution in [0.3, 0.4) is 0 Å². The van der Waals surface area contributed by atoms with E-state index in [2.05, 4.69) is 17.1 Å². The van der Waals surface area contributed by atoms with Gasteiger partial charge in [0.25, 0.3) is 0 Å². The number of hydrogen-bond donors (Lipinski definition) is 0. The quantitative estimate of drug-likeness (QED) is 0.800. The summed E-state index contributed by atoms with van der Waals surface area (Å²) in [6, 6.07) is 0.287. The maximum absolute atomic E-state index is 11.8. The van der Waals surface area contributed by atoms with Gasteiger partial charge in [0.15, 0.2) is 0 Å². The van der Waals surface area contributed by atoms with Crippen molar-refractivity contribution in [3.8, 4) is 0 Å². The molecule has 2 unspecified atom stereocenters. The summed E-state index contributed by atoms with van der Waals surface area (Å²) in [5.74, 6) is 0.331. The molecule has 2 heterocycles. The lowest BCUT2D eigenvalue weighted by molar-refractivity contribution is -0.132. The van der Waals surface area contributed by atoms with Crippen LogP contribution in [0.25, 0.3) is 0 Å². The molecule has 1 aliphatic rings. The Bertz CT molecular complexity index is 381. The second kappa shape index (κ2) is 4.06. The molecule has 82 valence electrons. The highest BCUT2D eigenvalue weighted by molar-refractivity contribution is 7.15. The fraction of sp³-hybridized carbons (Fsp3) is 0.667. The summed E-state index contributed by atoms with van der Waals surface area (Å²) in [5.41, 5.74) is 0. The van der Waals surface area contributed by atoms with Crippen LogP contribution >= 0.6 is 22.9 Å². The molecule has 0 spiro atoms. The Labute approximate surface area is 97.3 Å². The van der Waals surface area contributed by atoms with E-state index in [9.17, 15) is 4.79 Å². The second-order valence-electron chi connectivity index (χ2n) is 3.90. The number of nitrogens with zero attached hydrogens (tertiary/aromatic N) is 3. The summed E-state index contributed by atoms with van der Waals surface area (Å²) in [5, 5.41) is 8.44. The van der Waals surface area contributed by atoms with Gasteiger partial charge in [-0.3, -0.25) is 4.79 Å². The molecule has 1 aromatic heterocycles. The van der Waals surface area contributed by atoms with Crippen LogP contribution in [-0.2, 0) is 11.3 Å². The van der Waals surface area contributed by atoms with E-state index < -0.39 is 0 Å². The lowest BCUT2D eigenvalue weighted by atomic mass is 10.1. The van der Waals surface area contributed by atoms with Crippen molar-refractivity contribution in [1.82, 2.24) is 15.1 Å². The molecule has 4 nitrogen and oxygen atoms in total. The topological polar surface area (TPSA) is 46.1 Å². The van der Waals surface area contributed by atoms with Gasteiger partial charge in [0, 0.05) is 12.0 Å². The number of carbonyl (C=O) groups excluding carboxylic acids is 1. The lowest BCUT2D eigenvalue weighted by Gasteiger charge is -2.19. The van der Waals surface area contributed by atoms with E-state index in [-0.39, 0.29) is 17.9 Å². The largest absolute Gasteiger partial charge is 0.333 e. The first kappa shape index (κ1) is 10.8. The predicted octanol–water partition coefficient (Wildman–Crippen LogP) is 1.95. The Morgan fingerprint density at radius 3 is 2.73 bits per heavy atom. The molecule has 1 saturated heterocycles. The van der Waals surface area contributed by atoms with Crippen molar-refractivity contribution in [3.05, 3.63) is 9.47 Å². The zero-order valence-corrected chi connectivity index (χ0v) is 10.2. The van der Waals surface area contributed by atoms with E-state index in [1.165, 1.54) is 11.3 Å². The zero-order valence-electron chi connectivity index (χ0n) is 8.61. The number of hydrogen-bond acceptors (Lipinski definition) is 4. The molecule has 0 aromatic carbocycles. The molecule has 1 aromatic rings. The minimum Gasteiger partial charge on any atom is -0.333 e. The van der Waals surface area contributed by atoms with Gasteiger partial charge < -0.3 is 4.90 Å². The Morgan fingerprint density at radius 2 is 2.27 bits per heavy atom. The number of amides is 1. The smallest absolute Gasteiger partial charge is 0.226 e. The van der Waals surface area contributed by atoms with Crippen molar-refractivity contribution in [2.75, 3.05) is 0 Å². The van der Waals surface area contributed by atoms with Crippen LogP contribution < -0.4 is 0 Å². The van der Waals surface area contributed by atoms with E-state index in [4.69, 9.17) is 11.6 Å². The predicted molar refractivity (Wildman–Crippen MR) is 58.7 cm³/mol. The normalized spacial score (nSPS) is 26.3. The van der Waals surface area contributed by atoms with Crippen molar-refractivity contribution in [2.45, 2.75) is 32.9 Å². The lowest BCUT2D eigenvalue weighted by Crippen LogP contribution is -2.31. The number of rotatable bonds is 2. The average molecular weight is 246 g/mol. The van der Waals surface area contributed by atoms with Crippen LogP contribution in [0, 0.1) is 5.92 Å². The van der Waals surface area contributed by atoms with Gasteiger partial charge in [0.05, 0.1) is 6.54 Å². The van der Waals surface area contributed by atoms with Crippen LogP contribution in [0.4, 0.5) is 0 Å². The molecule has 1 fully saturated rings. The Hall–Kier alpha value is -0.680. The molecule has 1 amide bonds. The van der Waals surface area contributed by atoms with E-state index in [1.54, 1.807) is 0 Å². The molecule has 0 N–H and O–H groups in total. The molecule has 2 rings (SSSR count). The van der Waals surface area contributed by atoms with Crippen LogP contribution in [0.2, 0.25) is 4.47 Å². The van der Waals surface area contributed by atoms with Crippen LogP contribution in [0.1, 0.15) is 25.3 Å². The average Bonchev–Trinajstić information content (AvgIpc) is 2.67. The summed E-state index contributed by atoms with van der Waals surface area (Å²) in [6.07, 6.45) is 0.922. The van der Waals surface area contributed by atoms with Gasteiger partial charge in [-0.1, -0.05) is 18.3 Å². The van der Waals surface area contributed by atoms with Gasteiger partial charge in [-0.25, -0.2) is 0 Å². The fourth-order valence-electron chi connectivity index (χ4n) is 1.92. The van der Waals surface area contributed by atoms with E-state index in [1.807, 2.05) is 11.8 Å². The van der Waals surface area contributed by atoms with Crippen molar-refractivity contribution >= 4 is 28.8 Å². The second-order valence-corrected chi connectivity index (χ2v) is 5.54. The van der Waals surface area contributed by atoms with E-state index in [0.29, 0.717) is 11.0 Å². The third-order valence-corrected chi connectivity index (χ3v) is 3.68. The number of halogens is 1. The molecule has 0 saturated carbocycles. The Balaban J connectivity index is 2.09. The fourth-order valence-corrected chi connectivity index (χ4v) is 2.78. The molecule has 15 heavy (non-hydrogen) atoms. The molecule has 0 aliphatic carbocycles. The summed E-state index contributed by atoms with van der Waals surface area (Å²) >= 11 is 7.02. The summed E-state index contributed by atoms with van der Waals surface area (Å²) in [6.45, 7) is 4.56. The zero-order chi connectivity index (χ0) is 11.0. The third-order valence-electron chi connectivity index (χ3n) is 2.68. The van der Waals surface area contributed by atoms with Crippen LogP contribution in [-0.4, -0.2) is 27.0 Å². The summed E-state index contributed by atoms with van der Waals surface area (Å²) in [7, 11) is 0. The van der Waals surface area contributed by atoms with Crippen LogP contribution in [0.15, 0.2) is 0 Å². The molecular weight excluding hydrogens is 234 g/mol. The molecule has 1 aliphatic heterocycles. The minimum atomic E-state index is 0.128. The van der Waals surface area contributed by atoms with Gasteiger partial charge in [0.2, 0.25) is 10.4 Å². The molecular formula is C9H12ClN3OS. The monoisotopic (exact) mass is 245 g/mol. The first-order valence-corrected chi connectivity index (χ1v) is 6.05. The summed E-state index contributed by atoms with van der Waals surface area (Å²) < 4.78 is 0.428.